The minimum atomic E-state index is -0.154. The van der Waals surface area contributed by atoms with Crippen LogP contribution in [0.5, 0.6) is 0 Å². The number of benzene rings is 1. The van der Waals surface area contributed by atoms with Crippen LogP contribution in [0.4, 0.5) is 5.13 Å². The van der Waals surface area contributed by atoms with E-state index in [0.717, 1.165) is 15.0 Å². The van der Waals surface area contributed by atoms with Gasteiger partial charge >= 0.3 is 0 Å². The van der Waals surface area contributed by atoms with E-state index in [9.17, 15) is 4.79 Å². The third-order valence-electron chi connectivity index (χ3n) is 2.48. The van der Waals surface area contributed by atoms with Crippen LogP contribution in [0.1, 0.15) is 9.67 Å². The summed E-state index contributed by atoms with van der Waals surface area (Å²) in [5.74, 6) is -0.154. The summed E-state index contributed by atoms with van der Waals surface area (Å²) >= 11 is 6.14. The lowest BCUT2D eigenvalue weighted by Gasteiger charge is -1.96. The molecule has 0 saturated carbocycles. The van der Waals surface area contributed by atoms with Gasteiger partial charge in [-0.25, -0.2) is 0 Å². The highest BCUT2D eigenvalue weighted by molar-refractivity contribution is 9.10. The molecule has 2 aromatic heterocycles. The van der Waals surface area contributed by atoms with Gasteiger partial charge in [-0.05, 0) is 23.6 Å². The molecule has 3 aromatic rings. The Morgan fingerprint density at radius 1 is 1.15 bits per heavy atom. The lowest BCUT2D eigenvalue weighted by molar-refractivity contribution is 0.103. The number of carbonyl (C=O) groups is 1. The fourth-order valence-corrected chi connectivity index (χ4v) is 3.18. The molecule has 0 aliphatic rings. The summed E-state index contributed by atoms with van der Waals surface area (Å²) in [6.07, 6.45) is 0. The van der Waals surface area contributed by atoms with E-state index in [1.54, 1.807) is 6.07 Å². The summed E-state index contributed by atoms with van der Waals surface area (Å²) in [5, 5.41) is 14.0. The summed E-state index contributed by atoms with van der Waals surface area (Å²) in [5.41, 5.74) is 0.974. The number of halogens is 1. The van der Waals surface area contributed by atoms with Crippen molar-refractivity contribution in [3.63, 3.8) is 0 Å². The Balaban J connectivity index is 1.77. The van der Waals surface area contributed by atoms with Crippen LogP contribution in [-0.4, -0.2) is 16.1 Å². The number of aromatic nitrogens is 2. The molecule has 1 aromatic carbocycles. The highest BCUT2D eigenvalue weighted by atomic mass is 79.9. The lowest BCUT2D eigenvalue weighted by atomic mass is 10.2. The molecular weight excluding hydrogens is 358 g/mol. The van der Waals surface area contributed by atoms with Crippen LogP contribution in [0.2, 0.25) is 0 Å². The SMILES string of the molecule is O=C(Nc1nnc(-c2ccc(Br)cc2)s1)c1cccs1. The molecule has 0 saturated heterocycles. The maximum atomic E-state index is 11.9. The van der Waals surface area contributed by atoms with Gasteiger partial charge in [0.15, 0.2) is 0 Å². The van der Waals surface area contributed by atoms with Gasteiger partial charge in [-0.15, -0.1) is 21.5 Å². The third-order valence-corrected chi connectivity index (χ3v) is 4.77. The van der Waals surface area contributed by atoms with Crippen LogP contribution in [0.25, 0.3) is 10.6 Å². The molecule has 0 atom stereocenters. The van der Waals surface area contributed by atoms with Gasteiger partial charge in [0, 0.05) is 10.0 Å². The zero-order valence-corrected chi connectivity index (χ0v) is 13.3. The smallest absolute Gasteiger partial charge is 0.267 e. The molecule has 4 nitrogen and oxygen atoms in total. The number of amides is 1. The molecule has 1 N–H and O–H groups in total. The molecule has 0 aliphatic heterocycles. The Kier molecular flexibility index (Phi) is 3.90. The van der Waals surface area contributed by atoms with Gasteiger partial charge in [-0.1, -0.05) is 45.5 Å². The average Bonchev–Trinajstić information content (AvgIpc) is 3.10. The van der Waals surface area contributed by atoms with Crippen molar-refractivity contribution in [2.24, 2.45) is 0 Å². The van der Waals surface area contributed by atoms with Crippen LogP contribution < -0.4 is 5.32 Å². The van der Waals surface area contributed by atoms with Crippen LogP contribution >= 0.6 is 38.6 Å². The highest BCUT2D eigenvalue weighted by Gasteiger charge is 2.11. The number of hydrogen-bond donors (Lipinski definition) is 1. The Hall–Kier alpha value is -1.57. The molecule has 20 heavy (non-hydrogen) atoms. The second kappa shape index (κ2) is 5.82. The third kappa shape index (κ3) is 2.95. The van der Waals surface area contributed by atoms with Crippen molar-refractivity contribution in [2.75, 3.05) is 5.32 Å². The fraction of sp³-hybridized carbons (Fsp3) is 0. The molecule has 0 radical (unpaired) electrons. The van der Waals surface area contributed by atoms with E-state index < -0.39 is 0 Å². The molecule has 0 unspecified atom stereocenters. The Bertz CT molecular complexity index is 722. The van der Waals surface area contributed by atoms with Crippen molar-refractivity contribution in [3.8, 4) is 10.6 Å². The van der Waals surface area contributed by atoms with Crippen LogP contribution in [-0.2, 0) is 0 Å². The zero-order valence-electron chi connectivity index (χ0n) is 10.0. The van der Waals surface area contributed by atoms with Gasteiger partial charge in [0.05, 0.1) is 4.88 Å². The summed E-state index contributed by atoms with van der Waals surface area (Å²) < 4.78 is 1.01. The molecule has 0 bridgehead atoms. The monoisotopic (exact) mass is 365 g/mol. The predicted molar refractivity (Wildman–Crippen MR) is 85.3 cm³/mol. The first-order valence-electron chi connectivity index (χ1n) is 5.67. The van der Waals surface area contributed by atoms with Gasteiger partial charge in [-0.3, -0.25) is 10.1 Å². The maximum absolute atomic E-state index is 11.9. The summed E-state index contributed by atoms with van der Waals surface area (Å²) in [6, 6.07) is 11.4. The summed E-state index contributed by atoms with van der Waals surface area (Å²) in [7, 11) is 0. The van der Waals surface area contributed by atoms with E-state index in [2.05, 4.69) is 31.4 Å². The molecule has 100 valence electrons. The number of hydrogen-bond acceptors (Lipinski definition) is 5. The van der Waals surface area contributed by atoms with E-state index in [0.29, 0.717) is 10.0 Å². The van der Waals surface area contributed by atoms with E-state index >= 15 is 0 Å². The first kappa shape index (κ1) is 13.4. The van der Waals surface area contributed by atoms with E-state index in [4.69, 9.17) is 0 Å². The van der Waals surface area contributed by atoms with Crippen molar-refractivity contribution in [1.82, 2.24) is 10.2 Å². The maximum Gasteiger partial charge on any atom is 0.267 e. The Morgan fingerprint density at radius 3 is 2.65 bits per heavy atom. The number of carbonyl (C=O) groups excluding carboxylic acids is 1. The first-order valence-corrected chi connectivity index (χ1v) is 8.15. The minimum Gasteiger partial charge on any atom is -0.296 e. The van der Waals surface area contributed by atoms with Crippen LogP contribution in [0, 0.1) is 0 Å². The number of nitrogens with one attached hydrogen (secondary N) is 1. The van der Waals surface area contributed by atoms with E-state index in [1.807, 2.05) is 35.7 Å². The largest absolute Gasteiger partial charge is 0.296 e. The van der Waals surface area contributed by atoms with Gasteiger partial charge < -0.3 is 0 Å². The highest BCUT2D eigenvalue weighted by Crippen LogP contribution is 2.27. The predicted octanol–water partition coefficient (Wildman–Crippen LogP) is 4.28. The average molecular weight is 366 g/mol. The van der Waals surface area contributed by atoms with E-state index in [1.165, 1.54) is 22.7 Å². The molecular formula is C13H8BrN3OS2. The van der Waals surface area contributed by atoms with Crippen LogP contribution in [0.15, 0.2) is 46.3 Å². The standard InChI is InChI=1S/C13H8BrN3OS2/c14-9-5-3-8(4-6-9)12-16-17-13(20-12)15-11(18)10-2-1-7-19-10/h1-7H,(H,15,17,18). The second-order valence-electron chi connectivity index (χ2n) is 3.85. The molecule has 0 fully saturated rings. The summed E-state index contributed by atoms with van der Waals surface area (Å²) in [4.78, 5) is 12.6. The van der Waals surface area contributed by atoms with Crippen molar-refractivity contribution in [1.29, 1.82) is 0 Å². The minimum absolute atomic E-state index is 0.154. The van der Waals surface area contributed by atoms with Crippen molar-refractivity contribution < 1.29 is 4.79 Å². The quantitative estimate of drug-likeness (QED) is 0.753. The van der Waals surface area contributed by atoms with E-state index in [-0.39, 0.29) is 5.91 Å². The van der Waals surface area contributed by atoms with Gasteiger partial charge in [0.25, 0.3) is 5.91 Å². The van der Waals surface area contributed by atoms with Gasteiger partial charge in [-0.2, -0.15) is 0 Å². The van der Waals surface area contributed by atoms with Crippen molar-refractivity contribution in [2.45, 2.75) is 0 Å². The topological polar surface area (TPSA) is 54.9 Å². The number of anilines is 1. The van der Waals surface area contributed by atoms with Gasteiger partial charge in [0.2, 0.25) is 5.13 Å². The second-order valence-corrected chi connectivity index (χ2v) is 6.69. The van der Waals surface area contributed by atoms with Gasteiger partial charge in [0.1, 0.15) is 5.01 Å². The normalized spacial score (nSPS) is 10.4. The fourth-order valence-electron chi connectivity index (χ4n) is 1.55. The van der Waals surface area contributed by atoms with Crippen LogP contribution in [0.3, 0.4) is 0 Å². The number of thiophene rings is 1. The number of nitrogens with zero attached hydrogens (tertiary/aromatic N) is 2. The molecule has 2 heterocycles. The molecule has 1 amide bonds. The number of rotatable bonds is 3. The summed E-state index contributed by atoms with van der Waals surface area (Å²) in [6.45, 7) is 0. The first-order chi connectivity index (χ1) is 9.72. The van der Waals surface area contributed by atoms with Crippen molar-refractivity contribution in [3.05, 3.63) is 51.1 Å². The molecule has 0 spiro atoms. The lowest BCUT2D eigenvalue weighted by Crippen LogP contribution is -2.09. The molecule has 0 aliphatic carbocycles. The Labute approximate surface area is 131 Å². The molecule has 7 heteroatoms. The van der Waals surface area contributed by atoms with Crippen molar-refractivity contribution >= 4 is 49.6 Å². The Morgan fingerprint density at radius 2 is 1.95 bits per heavy atom. The zero-order chi connectivity index (χ0) is 13.9. The molecule has 3 rings (SSSR count).